The van der Waals surface area contributed by atoms with Crippen LogP contribution < -0.4 is 24.8 Å². The molecule has 1 saturated heterocycles. The number of nitrogens with one attached hydrogen (secondary N) is 2. The summed E-state index contributed by atoms with van der Waals surface area (Å²) in [7, 11) is 1.55. The third kappa shape index (κ3) is 3.38. The van der Waals surface area contributed by atoms with E-state index in [1.165, 1.54) is 0 Å². The monoisotopic (exact) mass is 411 g/mol. The van der Waals surface area contributed by atoms with Crippen molar-refractivity contribution in [1.29, 1.82) is 0 Å². The lowest BCUT2D eigenvalue weighted by Gasteiger charge is -2.22. The molecule has 1 fully saturated rings. The molecule has 2 N–H and O–H groups in total. The van der Waals surface area contributed by atoms with Gasteiger partial charge in [0.1, 0.15) is 17.8 Å². The lowest BCUT2D eigenvalue weighted by molar-refractivity contribution is -0.134. The second-order valence-corrected chi connectivity index (χ2v) is 7.10. The minimum absolute atomic E-state index is 0.105. The molecule has 2 aromatic rings. The van der Waals surface area contributed by atoms with Gasteiger partial charge in [-0.3, -0.25) is 14.5 Å². The van der Waals surface area contributed by atoms with Gasteiger partial charge in [0.05, 0.1) is 7.11 Å². The summed E-state index contributed by atoms with van der Waals surface area (Å²) >= 11 is 0. The summed E-state index contributed by atoms with van der Waals surface area (Å²) in [6, 6.07) is 11.7. The van der Waals surface area contributed by atoms with E-state index in [-0.39, 0.29) is 19.9 Å². The number of ether oxygens (including phenoxy) is 3. The molecule has 156 valence electrons. The largest absolute Gasteiger partial charge is 0.496 e. The predicted molar refractivity (Wildman–Crippen MR) is 105 cm³/mol. The molecule has 2 aliphatic rings. The smallest absolute Gasteiger partial charge is 0.325 e. The van der Waals surface area contributed by atoms with E-state index in [0.29, 0.717) is 22.8 Å². The van der Waals surface area contributed by atoms with Gasteiger partial charge >= 0.3 is 6.03 Å². The Morgan fingerprint density at radius 2 is 1.97 bits per heavy atom. The van der Waals surface area contributed by atoms with Crippen LogP contribution in [0.15, 0.2) is 42.5 Å². The number of nitrogens with zero attached hydrogens (tertiary/aromatic N) is 1. The standard InChI is InChI=1S/C21H21N3O6/c1-21(14-7-8-16-17(9-14)30-12-29-16)19(26)24(20(27)23-21)11-18(25)22-10-13-5-3-4-6-15(13)28-2/h3-9H,10-12H2,1-2H3,(H,22,25)(H,23,27)/t21-/m0/s1. The van der Waals surface area contributed by atoms with Crippen LogP contribution in [0.1, 0.15) is 18.1 Å². The second kappa shape index (κ2) is 7.58. The molecule has 30 heavy (non-hydrogen) atoms. The number of para-hydroxylation sites is 1. The van der Waals surface area contributed by atoms with E-state index in [4.69, 9.17) is 14.2 Å². The molecule has 4 rings (SSSR count). The normalized spacial score (nSPS) is 19.6. The van der Waals surface area contributed by atoms with Gasteiger partial charge in [-0.25, -0.2) is 4.79 Å². The van der Waals surface area contributed by atoms with Crippen molar-refractivity contribution < 1.29 is 28.6 Å². The Kier molecular flexibility index (Phi) is 4.94. The van der Waals surface area contributed by atoms with Crippen molar-refractivity contribution in [2.45, 2.75) is 19.0 Å². The molecule has 1 atom stereocenters. The van der Waals surface area contributed by atoms with Gasteiger partial charge in [0.2, 0.25) is 12.7 Å². The zero-order valence-electron chi connectivity index (χ0n) is 16.6. The Bertz CT molecular complexity index is 1020. The molecule has 0 saturated carbocycles. The van der Waals surface area contributed by atoms with Crippen LogP contribution in [0.25, 0.3) is 0 Å². The van der Waals surface area contributed by atoms with Crippen LogP contribution in [-0.2, 0) is 21.7 Å². The van der Waals surface area contributed by atoms with Crippen molar-refractivity contribution >= 4 is 17.8 Å². The number of hydrogen-bond donors (Lipinski definition) is 2. The Labute approximate surface area is 172 Å². The number of amides is 4. The number of imide groups is 1. The summed E-state index contributed by atoms with van der Waals surface area (Å²) in [5, 5.41) is 5.39. The van der Waals surface area contributed by atoms with Gasteiger partial charge in [0.25, 0.3) is 5.91 Å². The number of benzene rings is 2. The first-order valence-electron chi connectivity index (χ1n) is 9.35. The molecule has 0 bridgehead atoms. The van der Waals surface area contributed by atoms with Crippen molar-refractivity contribution in [3.63, 3.8) is 0 Å². The van der Waals surface area contributed by atoms with Crippen LogP contribution in [0.2, 0.25) is 0 Å². The molecule has 2 heterocycles. The van der Waals surface area contributed by atoms with E-state index in [1.54, 1.807) is 38.3 Å². The minimum Gasteiger partial charge on any atom is -0.496 e. The Morgan fingerprint density at radius 3 is 2.77 bits per heavy atom. The van der Waals surface area contributed by atoms with Gasteiger partial charge in [-0.05, 0) is 30.7 Å². The Balaban J connectivity index is 1.44. The highest BCUT2D eigenvalue weighted by Crippen LogP contribution is 2.37. The number of urea groups is 1. The van der Waals surface area contributed by atoms with Crippen molar-refractivity contribution in [1.82, 2.24) is 15.5 Å². The predicted octanol–water partition coefficient (Wildman–Crippen LogP) is 1.51. The summed E-state index contributed by atoms with van der Waals surface area (Å²) in [6.07, 6.45) is 0. The third-order valence-corrected chi connectivity index (χ3v) is 5.20. The van der Waals surface area contributed by atoms with Crippen molar-refractivity contribution in [2.75, 3.05) is 20.4 Å². The van der Waals surface area contributed by atoms with Crippen molar-refractivity contribution in [2.24, 2.45) is 0 Å². The van der Waals surface area contributed by atoms with E-state index < -0.39 is 23.4 Å². The third-order valence-electron chi connectivity index (χ3n) is 5.20. The van der Waals surface area contributed by atoms with Crippen molar-refractivity contribution in [3.05, 3.63) is 53.6 Å². The SMILES string of the molecule is COc1ccccc1CNC(=O)CN1C(=O)N[C@@](C)(c2ccc3c(c2)OCO3)C1=O. The number of carbonyl (C=O) groups excluding carboxylic acids is 3. The van der Waals surface area contributed by atoms with Gasteiger partial charge in [-0.2, -0.15) is 0 Å². The molecule has 2 aliphatic heterocycles. The molecule has 9 nitrogen and oxygen atoms in total. The summed E-state index contributed by atoms with van der Waals surface area (Å²) in [4.78, 5) is 38.8. The molecular formula is C21H21N3O6. The van der Waals surface area contributed by atoms with E-state index in [9.17, 15) is 14.4 Å². The summed E-state index contributed by atoms with van der Waals surface area (Å²) in [6.45, 7) is 1.53. The number of rotatable bonds is 6. The molecule has 2 aromatic carbocycles. The first-order chi connectivity index (χ1) is 14.4. The molecule has 0 aromatic heterocycles. The van der Waals surface area contributed by atoms with Crippen molar-refractivity contribution in [3.8, 4) is 17.2 Å². The van der Waals surface area contributed by atoms with E-state index in [1.807, 2.05) is 18.2 Å². The zero-order chi connectivity index (χ0) is 21.3. The molecule has 0 unspecified atom stereocenters. The molecule has 0 spiro atoms. The highest BCUT2D eigenvalue weighted by atomic mass is 16.7. The van der Waals surface area contributed by atoms with Crippen LogP contribution in [-0.4, -0.2) is 43.2 Å². The fourth-order valence-electron chi connectivity index (χ4n) is 3.49. The quantitative estimate of drug-likeness (QED) is 0.698. The van der Waals surface area contributed by atoms with Gasteiger partial charge in [-0.1, -0.05) is 24.3 Å². The second-order valence-electron chi connectivity index (χ2n) is 7.10. The van der Waals surface area contributed by atoms with Gasteiger partial charge in [-0.15, -0.1) is 0 Å². The van der Waals surface area contributed by atoms with Gasteiger partial charge in [0, 0.05) is 12.1 Å². The van der Waals surface area contributed by atoms with E-state index in [0.717, 1.165) is 10.5 Å². The van der Waals surface area contributed by atoms with Crippen LogP contribution in [0.5, 0.6) is 17.2 Å². The van der Waals surface area contributed by atoms with E-state index in [2.05, 4.69) is 10.6 Å². The van der Waals surface area contributed by atoms with Gasteiger partial charge in [0.15, 0.2) is 11.5 Å². The maximum atomic E-state index is 13.0. The molecule has 4 amide bonds. The lowest BCUT2D eigenvalue weighted by atomic mass is 9.91. The number of carbonyl (C=O) groups is 3. The highest BCUT2D eigenvalue weighted by molar-refractivity contribution is 6.09. The van der Waals surface area contributed by atoms with Gasteiger partial charge < -0.3 is 24.8 Å². The summed E-state index contributed by atoms with van der Waals surface area (Å²) in [5.41, 5.74) is 0.0267. The average molecular weight is 411 g/mol. The molecule has 0 radical (unpaired) electrons. The maximum Gasteiger partial charge on any atom is 0.325 e. The average Bonchev–Trinajstić information content (AvgIpc) is 3.30. The fraction of sp³-hybridized carbons (Fsp3) is 0.286. The molecule has 9 heteroatoms. The van der Waals surface area contributed by atoms with E-state index >= 15 is 0 Å². The Morgan fingerprint density at radius 1 is 1.20 bits per heavy atom. The fourth-order valence-corrected chi connectivity index (χ4v) is 3.49. The highest BCUT2D eigenvalue weighted by Gasteiger charge is 2.49. The zero-order valence-corrected chi connectivity index (χ0v) is 16.6. The number of fused-ring (bicyclic) bond motifs is 1. The first kappa shape index (κ1) is 19.6. The first-order valence-corrected chi connectivity index (χ1v) is 9.35. The summed E-state index contributed by atoms with van der Waals surface area (Å²) in [5.74, 6) is 0.747. The maximum absolute atomic E-state index is 13.0. The Hall–Kier alpha value is -3.75. The minimum atomic E-state index is -1.30. The number of hydrogen-bond acceptors (Lipinski definition) is 6. The van der Waals surface area contributed by atoms with Crippen LogP contribution >= 0.6 is 0 Å². The molecular weight excluding hydrogens is 390 g/mol. The van der Waals surface area contributed by atoms with Crippen LogP contribution in [0.4, 0.5) is 4.79 Å². The molecule has 0 aliphatic carbocycles. The van der Waals surface area contributed by atoms with Crippen LogP contribution in [0, 0.1) is 0 Å². The van der Waals surface area contributed by atoms with Crippen LogP contribution in [0.3, 0.4) is 0 Å². The summed E-state index contributed by atoms with van der Waals surface area (Å²) < 4.78 is 15.9. The lowest BCUT2D eigenvalue weighted by Crippen LogP contribution is -2.43. The number of methoxy groups -OCH3 is 1. The topological polar surface area (TPSA) is 106 Å².